The summed E-state index contributed by atoms with van der Waals surface area (Å²) in [5.41, 5.74) is 3.94. The highest BCUT2D eigenvalue weighted by Crippen LogP contribution is 2.32. The molecule has 2 aliphatic carbocycles. The molecule has 0 aromatic rings. The van der Waals surface area contributed by atoms with Crippen molar-refractivity contribution in [2.24, 2.45) is 4.99 Å². The maximum atomic E-state index is 6.31. The van der Waals surface area contributed by atoms with E-state index in [9.17, 15) is 0 Å². The zero-order valence-electron chi connectivity index (χ0n) is 14.6. The topological polar surface area (TPSA) is 24.8 Å². The Hall–Kier alpha value is -1.35. The summed E-state index contributed by atoms with van der Waals surface area (Å²) in [4.78, 5) is 6.78. The summed E-state index contributed by atoms with van der Waals surface area (Å²) in [6, 6.07) is 0.693. The lowest BCUT2D eigenvalue weighted by molar-refractivity contribution is 0.103. The van der Waals surface area contributed by atoms with E-state index >= 15 is 0 Å². The Morgan fingerprint density at radius 3 is 2.59 bits per heavy atom. The number of aliphatic imine (C=N–C) groups is 1. The number of rotatable bonds is 5. The molecule has 0 radical (unpaired) electrons. The summed E-state index contributed by atoms with van der Waals surface area (Å²) in [5.74, 6) is 0.784. The molecule has 3 heteroatoms. The minimum atomic E-state index is 0.286. The molecule has 0 aliphatic heterocycles. The van der Waals surface area contributed by atoms with Gasteiger partial charge in [-0.1, -0.05) is 25.2 Å². The van der Waals surface area contributed by atoms with E-state index in [-0.39, 0.29) is 6.10 Å². The Bertz CT molecular complexity index is 492. The number of hydrogen-bond acceptors (Lipinski definition) is 3. The summed E-state index contributed by atoms with van der Waals surface area (Å²) >= 11 is 0. The van der Waals surface area contributed by atoms with E-state index in [0.717, 1.165) is 31.6 Å². The molecule has 22 heavy (non-hydrogen) atoms. The first kappa shape index (κ1) is 17.0. The molecule has 3 nitrogen and oxygen atoms in total. The first-order valence-electron chi connectivity index (χ1n) is 8.48. The number of nitrogens with zero attached hydrogens (tertiary/aromatic N) is 2. The van der Waals surface area contributed by atoms with Gasteiger partial charge in [-0.2, -0.15) is 0 Å². The van der Waals surface area contributed by atoms with Gasteiger partial charge in [0.1, 0.15) is 6.10 Å². The number of hydrogen-bond donors (Lipinski definition) is 0. The highest BCUT2D eigenvalue weighted by atomic mass is 16.5. The summed E-state index contributed by atoms with van der Waals surface area (Å²) in [6.45, 7) is 8.13. The van der Waals surface area contributed by atoms with Crippen molar-refractivity contribution in [3.63, 3.8) is 0 Å². The van der Waals surface area contributed by atoms with Gasteiger partial charge in [0.15, 0.2) is 0 Å². The van der Waals surface area contributed by atoms with E-state index in [1.165, 1.54) is 29.6 Å². The molecule has 0 aromatic heterocycles. The normalized spacial score (nSPS) is 26.4. The minimum absolute atomic E-state index is 0.286. The molecule has 0 spiro atoms. The zero-order valence-corrected chi connectivity index (χ0v) is 14.6. The van der Waals surface area contributed by atoms with Crippen LogP contribution in [-0.4, -0.2) is 37.0 Å². The molecule has 0 bridgehead atoms. The van der Waals surface area contributed by atoms with Gasteiger partial charge in [0, 0.05) is 17.8 Å². The Balaban J connectivity index is 2.06. The largest absolute Gasteiger partial charge is 0.474 e. The molecule has 0 unspecified atom stereocenters. The molecule has 0 heterocycles. The average Bonchev–Trinajstić information content (AvgIpc) is 2.88. The van der Waals surface area contributed by atoms with E-state index in [2.05, 4.69) is 50.5 Å². The third-order valence-corrected chi connectivity index (χ3v) is 4.86. The van der Waals surface area contributed by atoms with Crippen molar-refractivity contribution >= 4 is 5.90 Å². The van der Waals surface area contributed by atoms with E-state index in [1.807, 2.05) is 0 Å². The molecule has 2 rings (SSSR count). The lowest BCUT2D eigenvalue weighted by Gasteiger charge is -2.33. The first-order chi connectivity index (χ1) is 10.6. The van der Waals surface area contributed by atoms with Gasteiger partial charge in [-0.3, -0.25) is 0 Å². The average molecular weight is 302 g/mol. The molecule has 2 aliphatic rings. The molecule has 0 aromatic carbocycles. The van der Waals surface area contributed by atoms with Gasteiger partial charge in [-0.15, -0.1) is 0 Å². The fourth-order valence-electron chi connectivity index (χ4n) is 3.47. The highest BCUT2D eigenvalue weighted by Gasteiger charge is 2.27. The van der Waals surface area contributed by atoms with Crippen LogP contribution in [0.5, 0.6) is 0 Å². The van der Waals surface area contributed by atoms with Crippen LogP contribution in [0.3, 0.4) is 0 Å². The van der Waals surface area contributed by atoms with Gasteiger partial charge in [0.05, 0.1) is 0 Å². The van der Waals surface area contributed by atoms with Gasteiger partial charge < -0.3 is 9.64 Å². The molecule has 0 saturated heterocycles. The molecule has 0 amide bonds. The van der Waals surface area contributed by atoms with Crippen LogP contribution in [0.1, 0.15) is 52.4 Å². The van der Waals surface area contributed by atoms with Gasteiger partial charge in [0.25, 0.3) is 0 Å². The molecule has 122 valence electrons. The molecule has 0 N–H and O–H groups in total. The predicted molar refractivity (Wildman–Crippen MR) is 94.1 cm³/mol. The van der Waals surface area contributed by atoms with Gasteiger partial charge in [-0.05, 0) is 65.1 Å². The van der Waals surface area contributed by atoms with Crippen LogP contribution in [0.25, 0.3) is 0 Å². The summed E-state index contributed by atoms with van der Waals surface area (Å²) in [5, 5.41) is 0. The monoisotopic (exact) mass is 302 g/mol. The summed E-state index contributed by atoms with van der Waals surface area (Å²) in [7, 11) is 4.34. The van der Waals surface area contributed by atoms with Crippen molar-refractivity contribution in [1.82, 2.24) is 4.90 Å². The van der Waals surface area contributed by atoms with E-state index in [1.54, 1.807) is 6.20 Å². The van der Waals surface area contributed by atoms with Crippen molar-refractivity contribution in [2.45, 2.75) is 64.5 Å². The zero-order chi connectivity index (χ0) is 16.1. The maximum absolute atomic E-state index is 6.31. The Morgan fingerprint density at radius 1 is 1.36 bits per heavy atom. The molecule has 0 atom stereocenters. The Kier molecular flexibility index (Phi) is 6.01. The van der Waals surface area contributed by atoms with Crippen molar-refractivity contribution in [1.29, 1.82) is 0 Å². The van der Waals surface area contributed by atoms with Crippen LogP contribution in [0.15, 0.2) is 40.6 Å². The lowest BCUT2D eigenvalue weighted by Crippen LogP contribution is -2.35. The molecular weight excluding hydrogens is 272 g/mol. The Labute approximate surface area is 135 Å². The molecular formula is C19H30N2O. The van der Waals surface area contributed by atoms with Crippen LogP contribution in [0.4, 0.5) is 0 Å². The van der Waals surface area contributed by atoms with Crippen LogP contribution >= 0.6 is 0 Å². The van der Waals surface area contributed by atoms with Gasteiger partial charge >= 0.3 is 0 Å². The Morgan fingerprint density at radius 2 is 2.05 bits per heavy atom. The minimum Gasteiger partial charge on any atom is -0.474 e. The quantitative estimate of drug-likeness (QED) is 0.553. The fourth-order valence-corrected chi connectivity index (χ4v) is 3.47. The van der Waals surface area contributed by atoms with Crippen LogP contribution in [0.2, 0.25) is 0 Å². The van der Waals surface area contributed by atoms with Crippen LogP contribution < -0.4 is 0 Å². The third-order valence-electron chi connectivity index (χ3n) is 4.86. The predicted octanol–water partition coefficient (Wildman–Crippen LogP) is 4.47. The SMILES string of the molecule is C=CN=C(OC1CCC(N(C)C)CC1)C1=C(C)CC=C1CC. The van der Waals surface area contributed by atoms with E-state index in [4.69, 9.17) is 4.74 Å². The fraction of sp³-hybridized carbons (Fsp3) is 0.632. The summed E-state index contributed by atoms with van der Waals surface area (Å²) in [6.07, 6.45) is 10.9. The lowest BCUT2D eigenvalue weighted by atomic mass is 9.92. The second-order valence-corrected chi connectivity index (χ2v) is 6.57. The van der Waals surface area contributed by atoms with Gasteiger partial charge in [0.2, 0.25) is 5.90 Å². The highest BCUT2D eigenvalue weighted by molar-refractivity contribution is 6.00. The first-order valence-corrected chi connectivity index (χ1v) is 8.48. The third kappa shape index (κ3) is 3.89. The maximum Gasteiger partial charge on any atom is 0.221 e. The van der Waals surface area contributed by atoms with Crippen molar-refractivity contribution in [3.05, 3.63) is 35.6 Å². The van der Waals surface area contributed by atoms with Crippen LogP contribution in [-0.2, 0) is 4.74 Å². The van der Waals surface area contributed by atoms with E-state index in [0.29, 0.717) is 6.04 Å². The number of ether oxygens (including phenoxy) is 1. The van der Waals surface area contributed by atoms with Crippen molar-refractivity contribution in [2.75, 3.05) is 14.1 Å². The molecule has 1 fully saturated rings. The van der Waals surface area contributed by atoms with Crippen LogP contribution in [0, 0.1) is 0 Å². The number of allylic oxidation sites excluding steroid dienone is 2. The summed E-state index contributed by atoms with van der Waals surface area (Å²) < 4.78 is 6.31. The second-order valence-electron chi connectivity index (χ2n) is 6.57. The second kappa shape index (κ2) is 7.77. The smallest absolute Gasteiger partial charge is 0.221 e. The van der Waals surface area contributed by atoms with Crippen molar-refractivity contribution < 1.29 is 4.74 Å². The van der Waals surface area contributed by atoms with Crippen molar-refractivity contribution in [3.8, 4) is 0 Å². The van der Waals surface area contributed by atoms with Gasteiger partial charge in [-0.25, -0.2) is 4.99 Å². The standard InChI is InChI=1S/C19H30N2O/c1-6-15-9-8-14(3)18(15)19(20-7-2)22-17-12-10-16(11-13-17)21(4)5/h7,9,16-17H,2,6,8,10-13H2,1,3-5H3. The van der Waals surface area contributed by atoms with E-state index < -0.39 is 0 Å². The molecule has 1 saturated carbocycles.